The largest absolute Gasteiger partial charge is 0.143 e. The van der Waals surface area contributed by atoms with Crippen LogP contribution >= 0.6 is 33.9 Å². The van der Waals surface area contributed by atoms with Crippen molar-refractivity contribution in [2.75, 3.05) is 0 Å². The van der Waals surface area contributed by atoms with Gasteiger partial charge in [0.15, 0.2) is 0 Å². The van der Waals surface area contributed by atoms with Crippen LogP contribution in [0.3, 0.4) is 0 Å². The van der Waals surface area contributed by atoms with Crippen molar-refractivity contribution in [3.63, 3.8) is 0 Å². The summed E-state index contributed by atoms with van der Waals surface area (Å²) in [4.78, 5) is 0. The van der Waals surface area contributed by atoms with E-state index in [4.69, 9.17) is 0 Å². The lowest BCUT2D eigenvalue weighted by atomic mass is 10.1. The minimum atomic E-state index is 1.34. The summed E-state index contributed by atoms with van der Waals surface area (Å²) >= 11 is 4.23. The molecule has 0 spiro atoms. The highest BCUT2D eigenvalue weighted by molar-refractivity contribution is 14.1. The van der Waals surface area contributed by atoms with E-state index in [2.05, 4.69) is 64.4 Å². The second-order valence-electron chi connectivity index (χ2n) is 3.24. The fourth-order valence-electron chi connectivity index (χ4n) is 1.76. The van der Waals surface area contributed by atoms with Crippen LogP contribution in [-0.4, -0.2) is 0 Å². The van der Waals surface area contributed by atoms with Gasteiger partial charge in [-0.15, -0.1) is 11.3 Å². The zero-order valence-corrected chi connectivity index (χ0v) is 10.3. The maximum absolute atomic E-state index is 2.41. The van der Waals surface area contributed by atoms with Crippen molar-refractivity contribution < 1.29 is 0 Å². The highest BCUT2D eigenvalue weighted by atomic mass is 127. The number of benzene rings is 2. The summed E-state index contributed by atoms with van der Waals surface area (Å²) < 4.78 is 2.74. The summed E-state index contributed by atoms with van der Waals surface area (Å²) in [6.07, 6.45) is 0. The summed E-state index contributed by atoms with van der Waals surface area (Å²) in [7, 11) is 0. The molecule has 0 radical (unpaired) electrons. The Kier molecular flexibility index (Phi) is 1.99. The van der Waals surface area contributed by atoms with Crippen molar-refractivity contribution in [1.29, 1.82) is 0 Å². The lowest BCUT2D eigenvalue weighted by Crippen LogP contribution is -1.77. The summed E-state index contributed by atoms with van der Waals surface area (Å²) in [6, 6.07) is 13.1. The molecular formula is C12H7IS. The zero-order chi connectivity index (χ0) is 9.54. The normalized spacial score (nSPS) is 11.2. The molecule has 0 nitrogen and oxygen atoms in total. The van der Waals surface area contributed by atoms with Crippen molar-refractivity contribution in [1.82, 2.24) is 0 Å². The Bertz CT molecular complexity index is 610. The molecule has 0 aliphatic carbocycles. The Balaban J connectivity index is 2.67. The molecule has 0 atom stereocenters. The van der Waals surface area contributed by atoms with E-state index in [1.54, 1.807) is 0 Å². The molecule has 1 aromatic heterocycles. The highest BCUT2D eigenvalue weighted by Gasteiger charge is 2.04. The zero-order valence-electron chi connectivity index (χ0n) is 7.33. The molecule has 14 heavy (non-hydrogen) atoms. The molecule has 0 saturated carbocycles. The second-order valence-corrected chi connectivity index (χ2v) is 5.32. The quantitative estimate of drug-likeness (QED) is 0.530. The Morgan fingerprint density at radius 2 is 1.79 bits per heavy atom. The third-order valence-corrected chi connectivity index (χ3v) is 4.26. The van der Waals surface area contributed by atoms with Gasteiger partial charge in [-0.1, -0.05) is 24.3 Å². The molecule has 3 rings (SSSR count). The highest BCUT2D eigenvalue weighted by Crippen LogP contribution is 2.32. The summed E-state index contributed by atoms with van der Waals surface area (Å²) in [5, 5.41) is 6.26. The lowest BCUT2D eigenvalue weighted by molar-refractivity contribution is 1.78. The summed E-state index contributed by atoms with van der Waals surface area (Å²) in [5.74, 6) is 0. The van der Waals surface area contributed by atoms with Crippen LogP contribution in [0.5, 0.6) is 0 Å². The van der Waals surface area contributed by atoms with E-state index in [1.165, 1.54) is 24.4 Å². The van der Waals surface area contributed by atoms with E-state index in [0.29, 0.717) is 0 Å². The molecule has 0 aliphatic heterocycles. The first-order valence-corrected chi connectivity index (χ1v) is 6.36. The van der Waals surface area contributed by atoms with Gasteiger partial charge in [-0.2, -0.15) is 0 Å². The first kappa shape index (κ1) is 8.68. The van der Waals surface area contributed by atoms with Gasteiger partial charge in [0.25, 0.3) is 0 Å². The van der Waals surface area contributed by atoms with Crippen LogP contribution in [0.15, 0.2) is 41.8 Å². The maximum Gasteiger partial charge on any atom is 0.0421 e. The number of hydrogen-bond acceptors (Lipinski definition) is 1. The van der Waals surface area contributed by atoms with E-state index in [9.17, 15) is 0 Å². The van der Waals surface area contributed by atoms with E-state index < -0.39 is 0 Å². The fraction of sp³-hybridized carbons (Fsp3) is 0. The molecule has 0 aliphatic rings. The van der Waals surface area contributed by atoms with Gasteiger partial charge in [0.05, 0.1) is 0 Å². The molecule has 2 heteroatoms. The fourth-order valence-corrected chi connectivity index (χ4v) is 3.48. The Labute approximate surface area is 99.7 Å². The number of halogens is 1. The molecule has 68 valence electrons. The smallest absolute Gasteiger partial charge is 0.0421 e. The van der Waals surface area contributed by atoms with Crippen LogP contribution in [0.1, 0.15) is 0 Å². The van der Waals surface area contributed by atoms with Gasteiger partial charge in [0.2, 0.25) is 0 Å². The van der Waals surface area contributed by atoms with E-state index in [1.807, 2.05) is 11.3 Å². The first-order chi connectivity index (χ1) is 6.86. The van der Waals surface area contributed by atoms with Gasteiger partial charge in [-0.25, -0.2) is 0 Å². The van der Waals surface area contributed by atoms with Crippen LogP contribution in [0.4, 0.5) is 0 Å². The molecular weight excluding hydrogens is 303 g/mol. The molecule has 3 aromatic rings. The Hall–Kier alpha value is -0.610. The molecule has 0 N–H and O–H groups in total. The molecule has 0 unspecified atom stereocenters. The minimum Gasteiger partial charge on any atom is -0.143 e. The average molecular weight is 310 g/mol. The molecule has 0 saturated heterocycles. The molecule has 0 bridgehead atoms. The Morgan fingerprint density at radius 1 is 1.00 bits per heavy atom. The molecule has 2 aromatic carbocycles. The van der Waals surface area contributed by atoms with Crippen molar-refractivity contribution in [3.8, 4) is 0 Å². The number of hydrogen-bond donors (Lipinski definition) is 0. The average Bonchev–Trinajstić information content (AvgIpc) is 2.66. The number of rotatable bonds is 0. The number of fused-ring (bicyclic) bond motifs is 3. The summed E-state index contributed by atoms with van der Waals surface area (Å²) in [5.41, 5.74) is 0. The Morgan fingerprint density at radius 3 is 2.64 bits per heavy atom. The molecule has 0 fully saturated rings. The monoisotopic (exact) mass is 310 g/mol. The lowest BCUT2D eigenvalue weighted by Gasteiger charge is -2.01. The third-order valence-electron chi connectivity index (χ3n) is 2.41. The summed E-state index contributed by atoms with van der Waals surface area (Å²) in [6.45, 7) is 0. The predicted octanol–water partition coefficient (Wildman–Crippen LogP) is 4.66. The third kappa shape index (κ3) is 1.17. The van der Waals surface area contributed by atoms with Crippen LogP contribution in [-0.2, 0) is 0 Å². The van der Waals surface area contributed by atoms with Gasteiger partial charge in [0.1, 0.15) is 0 Å². The predicted molar refractivity (Wildman–Crippen MR) is 72.0 cm³/mol. The molecule has 1 heterocycles. The SMILES string of the molecule is Ic1cc2ccsc2c2ccccc12. The minimum absolute atomic E-state index is 1.34. The van der Waals surface area contributed by atoms with E-state index in [-0.39, 0.29) is 0 Å². The van der Waals surface area contributed by atoms with E-state index >= 15 is 0 Å². The van der Waals surface area contributed by atoms with Gasteiger partial charge in [0, 0.05) is 13.7 Å². The topological polar surface area (TPSA) is 0 Å². The second kappa shape index (κ2) is 3.21. The van der Waals surface area contributed by atoms with Crippen molar-refractivity contribution in [2.24, 2.45) is 0 Å². The maximum atomic E-state index is 2.41. The van der Waals surface area contributed by atoms with Gasteiger partial charge >= 0.3 is 0 Å². The molecule has 0 amide bonds. The van der Waals surface area contributed by atoms with Crippen molar-refractivity contribution in [3.05, 3.63) is 45.3 Å². The van der Waals surface area contributed by atoms with Crippen molar-refractivity contribution in [2.45, 2.75) is 0 Å². The van der Waals surface area contributed by atoms with E-state index in [0.717, 1.165) is 0 Å². The van der Waals surface area contributed by atoms with Crippen LogP contribution < -0.4 is 0 Å². The van der Waals surface area contributed by atoms with Gasteiger partial charge in [-0.05, 0) is 50.9 Å². The standard InChI is InChI=1S/C12H7IS/c13-11-7-8-5-6-14-12(8)10-4-2-1-3-9(10)11/h1-7H. The van der Waals surface area contributed by atoms with Crippen molar-refractivity contribution >= 4 is 54.8 Å². The van der Waals surface area contributed by atoms with Crippen LogP contribution in [0, 0.1) is 3.57 Å². The first-order valence-electron chi connectivity index (χ1n) is 4.41. The van der Waals surface area contributed by atoms with Gasteiger partial charge in [-0.3, -0.25) is 0 Å². The van der Waals surface area contributed by atoms with Crippen LogP contribution in [0.2, 0.25) is 0 Å². The van der Waals surface area contributed by atoms with Gasteiger partial charge < -0.3 is 0 Å². The number of thiophene rings is 1. The van der Waals surface area contributed by atoms with Crippen LogP contribution in [0.25, 0.3) is 20.9 Å².